The minimum Gasteiger partial charge on any atom is -0.311 e. The fraction of sp³-hybridized carbons (Fsp3) is 1.00. The smallest absolute Gasteiger partial charge is 0.0221 e. The van der Waals surface area contributed by atoms with Gasteiger partial charge in [-0.15, -0.1) is 0 Å². The monoisotopic (exact) mass is 268 g/mol. The lowest BCUT2D eigenvalue weighted by molar-refractivity contribution is 0.117. The largest absolute Gasteiger partial charge is 0.311 e. The summed E-state index contributed by atoms with van der Waals surface area (Å²) in [4.78, 5) is 2.78. The van der Waals surface area contributed by atoms with Crippen LogP contribution in [-0.2, 0) is 0 Å². The predicted octanol–water partition coefficient (Wildman–Crippen LogP) is 4.20. The molecule has 2 atom stereocenters. The van der Waals surface area contributed by atoms with Crippen molar-refractivity contribution in [2.24, 2.45) is 0 Å². The van der Waals surface area contributed by atoms with Crippen molar-refractivity contribution in [2.45, 2.75) is 90.6 Å². The van der Waals surface area contributed by atoms with Crippen LogP contribution in [-0.4, -0.2) is 36.6 Å². The first-order valence-corrected chi connectivity index (χ1v) is 8.79. The van der Waals surface area contributed by atoms with Crippen molar-refractivity contribution in [3.63, 3.8) is 0 Å². The van der Waals surface area contributed by atoms with E-state index in [4.69, 9.17) is 0 Å². The van der Waals surface area contributed by atoms with Crippen LogP contribution < -0.4 is 5.32 Å². The number of nitrogens with zero attached hydrogens (tertiary/aromatic N) is 1. The van der Waals surface area contributed by atoms with Gasteiger partial charge in [0.15, 0.2) is 0 Å². The van der Waals surface area contributed by atoms with Crippen LogP contribution in [0.5, 0.6) is 0 Å². The molecule has 0 radical (unpaired) electrons. The predicted molar refractivity (Wildman–Crippen MR) is 85.7 cm³/mol. The molecule has 1 aliphatic heterocycles. The van der Waals surface area contributed by atoms with Gasteiger partial charge in [-0.05, 0) is 25.8 Å². The molecule has 2 nitrogen and oxygen atoms in total. The molecular weight excluding hydrogens is 232 g/mol. The Hall–Kier alpha value is -0.0800. The number of hydrogen-bond acceptors (Lipinski definition) is 2. The van der Waals surface area contributed by atoms with E-state index in [1.807, 2.05) is 0 Å². The molecule has 1 heterocycles. The van der Waals surface area contributed by atoms with E-state index in [9.17, 15) is 0 Å². The maximum Gasteiger partial charge on any atom is 0.0221 e. The topological polar surface area (TPSA) is 15.3 Å². The van der Waals surface area contributed by atoms with Crippen molar-refractivity contribution in [3.8, 4) is 0 Å². The van der Waals surface area contributed by atoms with Gasteiger partial charge in [0.25, 0.3) is 0 Å². The van der Waals surface area contributed by atoms with E-state index in [0.29, 0.717) is 0 Å². The van der Waals surface area contributed by atoms with Crippen molar-refractivity contribution >= 4 is 0 Å². The summed E-state index contributed by atoms with van der Waals surface area (Å²) in [6, 6.07) is 1.54. The van der Waals surface area contributed by atoms with Gasteiger partial charge in [-0.1, -0.05) is 59.3 Å². The third kappa shape index (κ3) is 6.76. The van der Waals surface area contributed by atoms with Gasteiger partial charge >= 0.3 is 0 Å². The first-order chi connectivity index (χ1) is 9.31. The van der Waals surface area contributed by atoms with Gasteiger partial charge in [-0.25, -0.2) is 0 Å². The van der Waals surface area contributed by atoms with Crippen molar-refractivity contribution in [2.75, 3.05) is 19.6 Å². The normalized spacial score (nSPS) is 24.8. The highest BCUT2D eigenvalue weighted by Crippen LogP contribution is 2.16. The Bertz CT molecular complexity index is 205. The molecule has 1 aliphatic rings. The number of nitrogens with one attached hydrogen (secondary N) is 1. The third-order valence-electron chi connectivity index (χ3n) is 4.42. The molecule has 1 fully saturated rings. The maximum absolute atomic E-state index is 3.75. The summed E-state index contributed by atoms with van der Waals surface area (Å²) >= 11 is 0. The van der Waals surface area contributed by atoms with Crippen LogP contribution in [0.2, 0.25) is 0 Å². The lowest BCUT2D eigenvalue weighted by Crippen LogP contribution is -2.56. The molecule has 114 valence electrons. The number of hydrogen-bond donors (Lipinski definition) is 1. The summed E-state index contributed by atoms with van der Waals surface area (Å²) in [6.07, 6.45) is 12.3. The Morgan fingerprint density at radius 3 is 2.32 bits per heavy atom. The quantitative estimate of drug-likeness (QED) is 0.597. The van der Waals surface area contributed by atoms with Crippen LogP contribution in [0.3, 0.4) is 0 Å². The van der Waals surface area contributed by atoms with Crippen LogP contribution >= 0.6 is 0 Å². The van der Waals surface area contributed by atoms with Crippen molar-refractivity contribution in [1.29, 1.82) is 0 Å². The molecule has 0 saturated carbocycles. The lowest BCUT2D eigenvalue weighted by Gasteiger charge is -2.40. The number of piperazine rings is 1. The summed E-state index contributed by atoms with van der Waals surface area (Å²) in [5.41, 5.74) is 0. The molecule has 0 bridgehead atoms. The summed E-state index contributed by atoms with van der Waals surface area (Å²) in [5.74, 6) is 0. The van der Waals surface area contributed by atoms with E-state index in [2.05, 4.69) is 31.0 Å². The summed E-state index contributed by atoms with van der Waals surface area (Å²) in [7, 11) is 0. The van der Waals surface area contributed by atoms with E-state index in [1.54, 1.807) is 0 Å². The zero-order valence-electron chi connectivity index (χ0n) is 13.6. The molecule has 0 aromatic heterocycles. The Morgan fingerprint density at radius 1 is 0.895 bits per heavy atom. The minimum atomic E-state index is 0.744. The van der Waals surface area contributed by atoms with Gasteiger partial charge in [0.1, 0.15) is 0 Å². The fourth-order valence-electron chi connectivity index (χ4n) is 3.28. The molecule has 19 heavy (non-hydrogen) atoms. The van der Waals surface area contributed by atoms with Gasteiger partial charge < -0.3 is 5.32 Å². The molecule has 1 saturated heterocycles. The average Bonchev–Trinajstić information content (AvgIpc) is 2.42. The Kier molecular flexibility index (Phi) is 9.54. The molecule has 0 spiro atoms. The van der Waals surface area contributed by atoms with Gasteiger partial charge in [0.05, 0.1) is 0 Å². The number of rotatable bonds is 10. The second kappa shape index (κ2) is 10.7. The highest BCUT2D eigenvalue weighted by molar-refractivity contribution is 4.85. The zero-order valence-corrected chi connectivity index (χ0v) is 13.6. The van der Waals surface area contributed by atoms with Gasteiger partial charge in [-0.3, -0.25) is 4.90 Å². The Morgan fingerprint density at radius 2 is 1.63 bits per heavy atom. The first-order valence-electron chi connectivity index (χ1n) is 8.79. The molecular formula is C17H36N2. The Labute approximate surface area is 121 Å². The SMILES string of the molecule is CCCCCCCN1CC(CCC)NCC1CCC. The van der Waals surface area contributed by atoms with Crippen LogP contribution in [0.25, 0.3) is 0 Å². The minimum absolute atomic E-state index is 0.744. The van der Waals surface area contributed by atoms with Crippen LogP contribution in [0.1, 0.15) is 78.6 Å². The van der Waals surface area contributed by atoms with Gasteiger partial charge in [0, 0.05) is 25.2 Å². The van der Waals surface area contributed by atoms with E-state index < -0.39 is 0 Å². The molecule has 0 aromatic rings. The first kappa shape index (κ1) is 17.0. The Balaban J connectivity index is 2.29. The van der Waals surface area contributed by atoms with Crippen molar-refractivity contribution in [1.82, 2.24) is 10.2 Å². The van der Waals surface area contributed by atoms with E-state index in [1.165, 1.54) is 77.4 Å². The van der Waals surface area contributed by atoms with E-state index in [-0.39, 0.29) is 0 Å². The third-order valence-corrected chi connectivity index (χ3v) is 4.42. The molecule has 2 unspecified atom stereocenters. The molecule has 0 amide bonds. The van der Waals surface area contributed by atoms with Crippen molar-refractivity contribution < 1.29 is 0 Å². The van der Waals surface area contributed by atoms with E-state index >= 15 is 0 Å². The van der Waals surface area contributed by atoms with Crippen LogP contribution in [0, 0.1) is 0 Å². The lowest BCUT2D eigenvalue weighted by atomic mass is 10.0. The van der Waals surface area contributed by atoms with E-state index in [0.717, 1.165) is 12.1 Å². The fourth-order valence-corrected chi connectivity index (χ4v) is 3.28. The maximum atomic E-state index is 3.75. The highest BCUT2D eigenvalue weighted by Gasteiger charge is 2.25. The second-order valence-electron chi connectivity index (χ2n) is 6.25. The molecule has 2 heteroatoms. The van der Waals surface area contributed by atoms with Gasteiger partial charge in [0.2, 0.25) is 0 Å². The summed E-state index contributed by atoms with van der Waals surface area (Å²) in [6.45, 7) is 10.7. The van der Waals surface area contributed by atoms with Crippen molar-refractivity contribution in [3.05, 3.63) is 0 Å². The highest BCUT2D eigenvalue weighted by atomic mass is 15.2. The van der Waals surface area contributed by atoms with Crippen LogP contribution in [0.4, 0.5) is 0 Å². The molecule has 1 rings (SSSR count). The van der Waals surface area contributed by atoms with Gasteiger partial charge in [-0.2, -0.15) is 0 Å². The summed E-state index contributed by atoms with van der Waals surface area (Å²) in [5, 5.41) is 3.75. The average molecular weight is 268 g/mol. The summed E-state index contributed by atoms with van der Waals surface area (Å²) < 4.78 is 0. The molecule has 1 N–H and O–H groups in total. The van der Waals surface area contributed by atoms with Crippen LogP contribution in [0.15, 0.2) is 0 Å². The second-order valence-corrected chi connectivity index (χ2v) is 6.25. The standard InChI is InChI=1S/C17H36N2/c1-4-7-8-9-10-13-19-15-16(11-5-2)18-14-17(19)12-6-3/h16-18H,4-15H2,1-3H3. The molecule has 0 aliphatic carbocycles. The number of unbranched alkanes of at least 4 members (excludes halogenated alkanes) is 4. The zero-order chi connectivity index (χ0) is 13.9. The molecule has 0 aromatic carbocycles.